The fraction of sp³-hybridized carbons (Fsp3) is 0.886. The van der Waals surface area contributed by atoms with Crippen LogP contribution in [0.5, 0.6) is 0 Å². The average molecular weight is 752 g/mol. The molecule has 0 amide bonds. The number of nitrogens with zero attached hydrogens (tertiary/aromatic N) is 1. The van der Waals surface area contributed by atoms with Crippen LogP contribution < -0.4 is 0 Å². The van der Waals surface area contributed by atoms with Gasteiger partial charge in [-0.25, -0.2) is 19.6 Å². The van der Waals surface area contributed by atoms with Crippen molar-refractivity contribution < 1.29 is 69.6 Å². The standard InChI is InChI=1S/C35H43F6NO10/c1-17-8-10-22-19(3)33(35(39,40)41,48-28-31(22)20(17)12-15-30(5,47-28)50-51-31)44-16-6-7-24(42-43)25-23-11-9-18(2)21-13-14-29(4)46-27(32(21,23)52-49-29)45-26(25)34(36,37)38/h17-24,27-28H,8-16H2,1-5H3/t17-,18-,19-,20?,21?,22+,23+,24?,27-,28+,29-,30-,31-,32-,33-/m1/s1. The molecule has 11 nitrogen and oxygen atoms in total. The lowest BCUT2D eigenvalue weighted by Crippen LogP contribution is -2.76. The lowest BCUT2D eigenvalue weighted by atomic mass is 9.57. The van der Waals surface area contributed by atoms with Gasteiger partial charge in [0.2, 0.25) is 23.6 Å². The Labute approximate surface area is 296 Å². The Hall–Kier alpha value is -2.04. The third-order valence-corrected chi connectivity index (χ3v) is 13.5. The number of halogens is 6. The maximum atomic E-state index is 15.3. The topological polar surface area (TPSA) is 113 Å². The summed E-state index contributed by atoms with van der Waals surface area (Å²) >= 11 is 0. The fourth-order valence-electron chi connectivity index (χ4n) is 10.9. The van der Waals surface area contributed by atoms with E-state index in [-0.39, 0.29) is 30.1 Å². The minimum atomic E-state index is -5.11. The zero-order valence-corrected chi connectivity index (χ0v) is 29.4. The summed E-state index contributed by atoms with van der Waals surface area (Å²) in [6.45, 7) is 7.51. The highest BCUT2D eigenvalue weighted by Crippen LogP contribution is 2.65. The molecule has 17 heteroatoms. The molecule has 10 rings (SSSR count). The fourth-order valence-corrected chi connectivity index (χ4v) is 10.9. The Morgan fingerprint density at radius 3 is 2.00 bits per heavy atom. The average Bonchev–Trinajstić information content (AvgIpc) is 3.44. The molecule has 15 atom stereocenters. The van der Waals surface area contributed by atoms with Crippen LogP contribution in [-0.4, -0.2) is 66.1 Å². The van der Waals surface area contributed by atoms with Crippen molar-refractivity contribution in [1.29, 1.82) is 0 Å². The molecule has 0 aromatic carbocycles. The first-order chi connectivity index (χ1) is 24.3. The van der Waals surface area contributed by atoms with E-state index in [9.17, 15) is 18.1 Å². The van der Waals surface area contributed by atoms with Crippen molar-refractivity contribution in [3.63, 3.8) is 0 Å². The molecule has 0 aromatic heterocycles. The van der Waals surface area contributed by atoms with E-state index in [0.29, 0.717) is 44.9 Å². The van der Waals surface area contributed by atoms with Gasteiger partial charge in [-0.3, -0.25) is 0 Å². The summed E-state index contributed by atoms with van der Waals surface area (Å²) in [6, 6.07) is -1.98. The first kappa shape index (κ1) is 36.9. The predicted octanol–water partition coefficient (Wildman–Crippen LogP) is 7.34. The molecule has 4 bridgehead atoms. The number of rotatable bonds is 4. The molecular formula is C35H43F6NO10. The second-order valence-corrected chi connectivity index (χ2v) is 16.4. The van der Waals surface area contributed by atoms with Gasteiger partial charge in [-0.15, -0.1) is 4.91 Å². The SMILES string of the molecule is C[C@@H]1CC[C@H]2C(C(C#CCO[C@@]3(C(F)(F)F)O[C@@H]4O[C@@]5(C)CCC6[C@H](C)CC[C@@H]([C@H]3C)[C@]64OO5)N=O)=C(C(F)(F)F)O[C@@H]3O[C@@]4(C)CCC1[C@]32OO4. The van der Waals surface area contributed by atoms with Gasteiger partial charge in [0.1, 0.15) is 6.61 Å². The van der Waals surface area contributed by atoms with Crippen molar-refractivity contribution in [3.8, 4) is 11.8 Å². The first-order valence-electron chi connectivity index (χ1n) is 18.1. The van der Waals surface area contributed by atoms with E-state index < -0.39 is 95.2 Å². The van der Waals surface area contributed by atoms with Crippen LogP contribution in [0.2, 0.25) is 0 Å². The maximum absolute atomic E-state index is 15.3. The van der Waals surface area contributed by atoms with E-state index in [1.807, 2.05) is 13.8 Å². The van der Waals surface area contributed by atoms with Gasteiger partial charge in [-0.1, -0.05) is 32.6 Å². The number of hydrogen-bond acceptors (Lipinski definition) is 11. The highest BCUT2D eigenvalue weighted by atomic mass is 19.4. The molecule has 0 aromatic rings. The predicted molar refractivity (Wildman–Crippen MR) is 162 cm³/mol. The molecule has 52 heavy (non-hydrogen) atoms. The van der Waals surface area contributed by atoms with E-state index >= 15 is 13.2 Å². The Morgan fingerprint density at radius 2 is 1.38 bits per heavy atom. The summed E-state index contributed by atoms with van der Waals surface area (Å²) in [7, 11) is 0. The van der Waals surface area contributed by atoms with Crippen LogP contribution in [0.1, 0.15) is 86.0 Å². The van der Waals surface area contributed by atoms with Crippen molar-refractivity contribution in [2.75, 3.05) is 6.61 Å². The Morgan fingerprint density at radius 1 is 0.788 bits per heavy atom. The highest BCUT2D eigenvalue weighted by Gasteiger charge is 2.77. The van der Waals surface area contributed by atoms with E-state index in [2.05, 4.69) is 17.0 Å². The van der Waals surface area contributed by atoms with Gasteiger partial charge < -0.3 is 23.7 Å². The number of hydrogen-bond donors (Lipinski definition) is 0. The quantitative estimate of drug-likeness (QED) is 0.125. The maximum Gasteiger partial charge on any atom is 0.449 e. The molecule has 290 valence electrons. The van der Waals surface area contributed by atoms with Gasteiger partial charge in [0, 0.05) is 42.1 Å². The van der Waals surface area contributed by atoms with Crippen LogP contribution in [0.15, 0.2) is 16.5 Å². The van der Waals surface area contributed by atoms with Crippen LogP contribution >= 0.6 is 0 Å². The summed E-state index contributed by atoms with van der Waals surface area (Å²) in [5.41, 5.74) is -3.44. The number of allylic oxidation sites excluding steroid dienone is 1. The highest BCUT2D eigenvalue weighted by molar-refractivity contribution is 5.37. The molecule has 2 spiro atoms. The molecule has 7 saturated heterocycles. The molecule has 0 N–H and O–H groups in total. The third kappa shape index (κ3) is 5.10. The van der Waals surface area contributed by atoms with E-state index in [1.165, 1.54) is 6.92 Å². The number of alkyl halides is 6. The van der Waals surface area contributed by atoms with Gasteiger partial charge in [0.05, 0.1) is 0 Å². The molecule has 10 aliphatic rings. The van der Waals surface area contributed by atoms with Crippen LogP contribution in [-0.2, 0) is 43.2 Å². The number of fused-ring (bicyclic) bond motifs is 4. The monoisotopic (exact) mass is 751 g/mol. The second-order valence-electron chi connectivity index (χ2n) is 16.4. The molecule has 2 saturated carbocycles. The Bertz CT molecular complexity index is 1570. The van der Waals surface area contributed by atoms with Gasteiger partial charge >= 0.3 is 12.4 Å². The minimum Gasteiger partial charge on any atom is -0.456 e. The first-order valence-corrected chi connectivity index (χ1v) is 18.1. The lowest BCUT2D eigenvalue weighted by molar-refractivity contribution is -0.598. The summed E-state index contributed by atoms with van der Waals surface area (Å²) in [6.07, 6.45) is -9.82. The van der Waals surface area contributed by atoms with Crippen molar-refractivity contribution in [2.24, 2.45) is 46.6 Å². The van der Waals surface area contributed by atoms with Gasteiger partial charge in [0.25, 0.3) is 5.79 Å². The second kappa shape index (κ2) is 12.0. The normalized spacial score (nSPS) is 50.1. The molecule has 0 radical (unpaired) electrons. The molecule has 8 heterocycles. The van der Waals surface area contributed by atoms with Gasteiger partial charge in [0.15, 0.2) is 23.5 Å². The van der Waals surface area contributed by atoms with Crippen LogP contribution in [0, 0.1) is 58.2 Å². The molecule has 8 aliphatic heterocycles. The smallest absolute Gasteiger partial charge is 0.449 e. The van der Waals surface area contributed by atoms with Crippen LogP contribution in [0.25, 0.3) is 0 Å². The number of nitroso groups, excluding NO2 is 1. The molecular weight excluding hydrogens is 708 g/mol. The largest absolute Gasteiger partial charge is 0.456 e. The molecule has 9 fully saturated rings. The number of ether oxygens (including phenoxy) is 5. The summed E-state index contributed by atoms with van der Waals surface area (Å²) in [5, 5.41) is 2.95. The van der Waals surface area contributed by atoms with Crippen molar-refractivity contribution in [3.05, 3.63) is 16.2 Å². The van der Waals surface area contributed by atoms with Crippen LogP contribution in [0.4, 0.5) is 26.3 Å². The lowest BCUT2D eigenvalue weighted by Gasteiger charge is -2.62. The molecule has 3 unspecified atom stereocenters. The van der Waals surface area contributed by atoms with Crippen molar-refractivity contribution in [2.45, 2.75) is 146 Å². The van der Waals surface area contributed by atoms with E-state index in [4.69, 9.17) is 43.2 Å². The van der Waals surface area contributed by atoms with Crippen molar-refractivity contribution in [1.82, 2.24) is 0 Å². The van der Waals surface area contributed by atoms with Gasteiger partial charge in [-0.2, -0.15) is 26.3 Å². The zero-order valence-electron chi connectivity index (χ0n) is 29.4. The van der Waals surface area contributed by atoms with Gasteiger partial charge in [-0.05, 0) is 75.3 Å². The van der Waals surface area contributed by atoms with Crippen LogP contribution in [0.3, 0.4) is 0 Å². The zero-order chi connectivity index (χ0) is 37.3. The minimum absolute atomic E-state index is 0.0177. The van der Waals surface area contributed by atoms with Crippen molar-refractivity contribution >= 4 is 0 Å². The Kier molecular flexibility index (Phi) is 8.50. The van der Waals surface area contributed by atoms with E-state index in [0.717, 1.165) is 0 Å². The third-order valence-electron chi connectivity index (χ3n) is 13.5. The summed E-state index contributed by atoms with van der Waals surface area (Å²) in [5.74, 6) is -6.41. The molecule has 2 aliphatic carbocycles. The Balaban J connectivity index is 1.12. The summed E-state index contributed by atoms with van der Waals surface area (Å²) in [4.78, 5) is 35.6. The van der Waals surface area contributed by atoms with E-state index in [1.54, 1.807) is 13.8 Å². The summed E-state index contributed by atoms with van der Waals surface area (Å²) < 4.78 is 119.